The molecule has 0 nitrogen and oxygen atoms in total. The lowest BCUT2D eigenvalue weighted by Gasteiger charge is -2.03. The average Bonchev–Trinajstić information content (AvgIpc) is 2.86. The highest BCUT2D eigenvalue weighted by Gasteiger charge is 1.96. The molecule has 0 aromatic carbocycles. The molecule has 0 aliphatic rings. The second-order valence-electron chi connectivity index (χ2n) is 12.2. The molecule has 4 atom stereocenters. The Morgan fingerprint density at radius 2 is 0.850 bits per heavy atom. The predicted octanol–water partition coefficient (Wildman–Crippen LogP) is 13.0. The Bertz CT molecular complexity index is 956. The Labute approximate surface area is 250 Å². The normalized spacial score (nSPS) is 16.6. The van der Waals surface area contributed by atoms with E-state index in [2.05, 4.69) is 166 Å². The van der Waals surface area contributed by atoms with Crippen molar-refractivity contribution in [3.8, 4) is 0 Å². The van der Waals surface area contributed by atoms with Gasteiger partial charge in [0.15, 0.2) is 0 Å². The molecular weight excluding hydrogens is 480 g/mol. The van der Waals surface area contributed by atoms with Crippen molar-refractivity contribution in [3.05, 3.63) is 120 Å². The Morgan fingerprint density at radius 1 is 0.475 bits per heavy atom. The average molecular weight is 543 g/mol. The van der Waals surface area contributed by atoms with Crippen molar-refractivity contribution < 1.29 is 0 Å². The fraction of sp³-hybridized carbons (Fsp3) is 0.500. The van der Waals surface area contributed by atoms with E-state index in [1.165, 1.54) is 22.3 Å². The van der Waals surface area contributed by atoms with Crippen molar-refractivity contribution in [2.45, 2.75) is 108 Å². The van der Waals surface area contributed by atoms with E-state index >= 15 is 0 Å². The molecule has 0 radical (unpaired) electrons. The maximum Gasteiger partial charge on any atom is -0.00788 e. The van der Waals surface area contributed by atoms with Crippen molar-refractivity contribution in [2.24, 2.45) is 23.7 Å². The van der Waals surface area contributed by atoms with Crippen LogP contribution in [0.15, 0.2) is 120 Å². The van der Waals surface area contributed by atoms with Crippen molar-refractivity contribution in [2.75, 3.05) is 0 Å². The highest BCUT2D eigenvalue weighted by molar-refractivity contribution is 5.15. The molecule has 0 bridgehead atoms. The van der Waals surface area contributed by atoms with Crippen LogP contribution < -0.4 is 0 Å². The van der Waals surface area contributed by atoms with Crippen LogP contribution in [0.1, 0.15) is 108 Å². The zero-order chi connectivity index (χ0) is 30.2. The van der Waals surface area contributed by atoms with Gasteiger partial charge in [-0.25, -0.2) is 0 Å². The predicted molar refractivity (Wildman–Crippen MR) is 186 cm³/mol. The molecule has 4 unspecified atom stereocenters. The van der Waals surface area contributed by atoms with E-state index in [4.69, 9.17) is 0 Å². The SMILES string of the molecule is CC(C)=CCC/C(C)=C/C=C/C(C)/C=C/CC(C)/C=C/C=C/C(C)/C=C/CC(C)/C=C/C=C(\C)CCC=C(C)C. The molecule has 0 aliphatic carbocycles. The zero-order valence-corrected chi connectivity index (χ0v) is 27.8. The van der Waals surface area contributed by atoms with E-state index in [1.807, 2.05) is 0 Å². The highest BCUT2D eigenvalue weighted by Crippen LogP contribution is 2.12. The van der Waals surface area contributed by atoms with E-state index in [-0.39, 0.29) is 0 Å². The summed E-state index contributed by atoms with van der Waals surface area (Å²) in [6.07, 6.45) is 43.1. The van der Waals surface area contributed by atoms with Crippen molar-refractivity contribution in [1.29, 1.82) is 0 Å². The summed E-state index contributed by atoms with van der Waals surface area (Å²) in [7, 11) is 0. The van der Waals surface area contributed by atoms with Gasteiger partial charge in [-0.1, -0.05) is 147 Å². The smallest absolute Gasteiger partial charge is 0.00788 e. The first-order valence-corrected chi connectivity index (χ1v) is 15.6. The van der Waals surface area contributed by atoms with Gasteiger partial charge in [0.05, 0.1) is 0 Å². The lowest BCUT2D eigenvalue weighted by Crippen LogP contribution is -1.88. The third-order valence-corrected chi connectivity index (χ3v) is 6.66. The molecule has 0 saturated heterocycles. The maximum atomic E-state index is 2.32. The van der Waals surface area contributed by atoms with Crippen LogP contribution in [0, 0.1) is 23.7 Å². The molecule has 0 aliphatic heterocycles. The van der Waals surface area contributed by atoms with Crippen LogP contribution in [0.3, 0.4) is 0 Å². The quantitative estimate of drug-likeness (QED) is 0.112. The molecule has 0 spiro atoms. The van der Waals surface area contributed by atoms with Gasteiger partial charge in [0.1, 0.15) is 0 Å². The molecule has 222 valence electrons. The molecule has 0 aromatic rings. The van der Waals surface area contributed by atoms with Crippen LogP contribution in [-0.4, -0.2) is 0 Å². The van der Waals surface area contributed by atoms with E-state index in [1.54, 1.807) is 0 Å². The van der Waals surface area contributed by atoms with Gasteiger partial charge in [-0.05, 0) is 104 Å². The second kappa shape index (κ2) is 24.2. The summed E-state index contributed by atoms with van der Waals surface area (Å²) in [4.78, 5) is 0. The van der Waals surface area contributed by atoms with Crippen LogP contribution in [0.5, 0.6) is 0 Å². The van der Waals surface area contributed by atoms with Gasteiger partial charge in [-0.3, -0.25) is 0 Å². The van der Waals surface area contributed by atoms with E-state index in [9.17, 15) is 0 Å². The molecule has 0 rings (SSSR count). The maximum absolute atomic E-state index is 2.32. The van der Waals surface area contributed by atoms with E-state index < -0.39 is 0 Å². The summed E-state index contributed by atoms with van der Waals surface area (Å²) in [6.45, 7) is 22.2. The Hall–Kier alpha value is -2.60. The van der Waals surface area contributed by atoms with Crippen LogP contribution in [0.2, 0.25) is 0 Å². The van der Waals surface area contributed by atoms with Gasteiger partial charge in [0.2, 0.25) is 0 Å². The molecular formula is C40H62. The minimum atomic E-state index is 0.450. The fourth-order valence-corrected chi connectivity index (χ4v) is 3.94. The number of allylic oxidation sites excluding steroid dienone is 20. The van der Waals surface area contributed by atoms with E-state index in [0.29, 0.717) is 23.7 Å². The number of hydrogen-bond acceptors (Lipinski definition) is 0. The van der Waals surface area contributed by atoms with Crippen LogP contribution in [0.25, 0.3) is 0 Å². The summed E-state index contributed by atoms with van der Waals surface area (Å²) in [5, 5.41) is 0. The van der Waals surface area contributed by atoms with Gasteiger partial charge in [-0.15, -0.1) is 0 Å². The standard InChI is InChI=1S/C40H62/c1-33(2)19-13-23-37(7)27-17-31-39(9)29-15-25-35(5)21-11-12-22-36(6)26-16-30-40(10)32-18-28-38(8)24-14-20-34(3)4/h11-12,15-22,25,27-28,30-32,35-36,39-40H,13-14,23-24,26,29H2,1-10H3/b21-11+,22-12+,25-15+,30-16+,31-17+,32-18+,37-27+,38-28+. The summed E-state index contributed by atoms with van der Waals surface area (Å²) < 4.78 is 0. The first kappa shape index (κ1) is 37.4. The molecule has 0 N–H and O–H groups in total. The van der Waals surface area contributed by atoms with E-state index in [0.717, 1.165) is 38.5 Å². The Morgan fingerprint density at radius 3 is 1.30 bits per heavy atom. The summed E-state index contributed by atoms with van der Waals surface area (Å²) in [5.74, 6) is 2.00. The number of hydrogen-bond donors (Lipinski definition) is 0. The number of rotatable bonds is 19. The summed E-state index contributed by atoms with van der Waals surface area (Å²) >= 11 is 0. The first-order chi connectivity index (χ1) is 19.0. The van der Waals surface area contributed by atoms with Gasteiger partial charge in [0, 0.05) is 0 Å². The molecule has 0 heteroatoms. The van der Waals surface area contributed by atoms with Gasteiger partial charge in [0.25, 0.3) is 0 Å². The zero-order valence-electron chi connectivity index (χ0n) is 27.8. The monoisotopic (exact) mass is 542 g/mol. The molecule has 0 heterocycles. The highest BCUT2D eigenvalue weighted by atomic mass is 14.0. The minimum Gasteiger partial charge on any atom is -0.0874 e. The topological polar surface area (TPSA) is 0 Å². The minimum absolute atomic E-state index is 0.450. The van der Waals surface area contributed by atoms with Crippen molar-refractivity contribution >= 4 is 0 Å². The van der Waals surface area contributed by atoms with Gasteiger partial charge in [-0.2, -0.15) is 0 Å². The van der Waals surface area contributed by atoms with Crippen LogP contribution in [0.4, 0.5) is 0 Å². The molecule has 0 saturated carbocycles. The molecule has 0 amide bonds. The van der Waals surface area contributed by atoms with Gasteiger partial charge < -0.3 is 0 Å². The van der Waals surface area contributed by atoms with Crippen LogP contribution >= 0.6 is 0 Å². The third-order valence-electron chi connectivity index (χ3n) is 6.66. The third kappa shape index (κ3) is 25.7. The van der Waals surface area contributed by atoms with Crippen molar-refractivity contribution in [1.82, 2.24) is 0 Å². The fourth-order valence-electron chi connectivity index (χ4n) is 3.94. The molecule has 0 fully saturated rings. The van der Waals surface area contributed by atoms with Gasteiger partial charge >= 0.3 is 0 Å². The summed E-state index contributed by atoms with van der Waals surface area (Å²) in [5.41, 5.74) is 5.69. The molecule has 0 aromatic heterocycles. The summed E-state index contributed by atoms with van der Waals surface area (Å²) in [6, 6.07) is 0. The first-order valence-electron chi connectivity index (χ1n) is 15.6. The largest absolute Gasteiger partial charge is 0.0874 e. The van der Waals surface area contributed by atoms with Crippen LogP contribution in [-0.2, 0) is 0 Å². The lowest BCUT2D eigenvalue weighted by molar-refractivity contribution is 0.737. The second-order valence-corrected chi connectivity index (χ2v) is 12.2. The lowest BCUT2D eigenvalue weighted by atomic mass is 10.0. The van der Waals surface area contributed by atoms with Crippen molar-refractivity contribution in [3.63, 3.8) is 0 Å². The Balaban J connectivity index is 4.33. The Kier molecular flexibility index (Phi) is 22.6. The molecule has 40 heavy (non-hydrogen) atoms.